The third kappa shape index (κ3) is 3.58. The molecule has 0 aliphatic heterocycles. The van der Waals surface area contributed by atoms with Crippen LogP contribution in [0.25, 0.3) is 11.1 Å². The van der Waals surface area contributed by atoms with Crippen LogP contribution in [-0.4, -0.2) is 23.1 Å². The van der Waals surface area contributed by atoms with Crippen LogP contribution in [0.2, 0.25) is 0 Å². The maximum absolute atomic E-state index is 12.9. The van der Waals surface area contributed by atoms with Gasteiger partial charge in [0.05, 0.1) is 0 Å². The van der Waals surface area contributed by atoms with Crippen LogP contribution in [0.15, 0.2) is 42.5 Å². The van der Waals surface area contributed by atoms with Gasteiger partial charge < -0.3 is 17.0 Å². The van der Waals surface area contributed by atoms with E-state index in [9.17, 15) is 4.39 Å². The van der Waals surface area contributed by atoms with Gasteiger partial charge in [-0.1, -0.05) is 6.07 Å². The number of hydrogen-bond donors (Lipinski definition) is 0. The van der Waals surface area contributed by atoms with E-state index in [0.717, 1.165) is 16.7 Å². The van der Waals surface area contributed by atoms with E-state index in [0.29, 0.717) is 0 Å². The summed E-state index contributed by atoms with van der Waals surface area (Å²) in [5.41, 5.74) is 3.12. The maximum atomic E-state index is 12.9. The van der Waals surface area contributed by atoms with Crippen LogP contribution in [0.3, 0.4) is 0 Å². The van der Waals surface area contributed by atoms with Gasteiger partial charge in [0, 0.05) is 0 Å². The summed E-state index contributed by atoms with van der Waals surface area (Å²) in [5, 5.41) is 0. The number of hydrogen-bond acceptors (Lipinski definition) is 0. The number of rotatable bonds is 1. The van der Waals surface area contributed by atoms with E-state index < -0.39 is 0 Å². The zero-order chi connectivity index (χ0) is 9.97. The van der Waals surface area contributed by atoms with Crippen LogP contribution in [0.1, 0.15) is 5.56 Å². The molecule has 0 N–H and O–H groups in total. The summed E-state index contributed by atoms with van der Waals surface area (Å²) in [6.07, 6.45) is 0. The number of halogens is 2. The molecular weight excluding hydrogens is 279 g/mol. The van der Waals surface area contributed by atoms with Gasteiger partial charge in [-0.3, -0.25) is 0 Å². The van der Waals surface area contributed by atoms with Crippen LogP contribution in [-0.2, 0) is 0 Å². The van der Waals surface area contributed by atoms with Gasteiger partial charge in [0.15, 0.2) is 0 Å². The van der Waals surface area contributed by atoms with E-state index in [-0.39, 0.29) is 45.9 Å². The third-order valence-electron chi connectivity index (χ3n) is 2.22. The van der Waals surface area contributed by atoms with Crippen molar-refractivity contribution in [2.45, 2.75) is 6.92 Å². The molecule has 3 heteroatoms. The van der Waals surface area contributed by atoms with Crippen LogP contribution in [0, 0.1) is 18.8 Å². The fraction of sp³-hybridized carbons (Fsp3) is 0.0769. The molecule has 0 saturated heterocycles. The predicted octanol–water partition coefficient (Wildman–Crippen LogP) is 0.225. The number of benzene rings is 2. The first kappa shape index (κ1) is 15.6. The second kappa shape index (κ2) is 7.04. The van der Waals surface area contributed by atoms with Gasteiger partial charge in [0.25, 0.3) is 0 Å². The second-order valence-electron chi connectivity index (χ2n) is 3.25. The van der Waals surface area contributed by atoms with Crippen molar-refractivity contribution in [3.05, 3.63) is 59.9 Å². The molecule has 16 heavy (non-hydrogen) atoms. The molecule has 2 aromatic rings. The Hall–Kier alpha value is -0.384. The van der Waals surface area contributed by atoms with Crippen LogP contribution in [0.5, 0.6) is 0 Å². The zero-order valence-corrected chi connectivity index (χ0v) is 12.0. The zero-order valence-electron chi connectivity index (χ0n) is 9.00. The van der Waals surface area contributed by atoms with Gasteiger partial charge in [-0.2, -0.15) is 30.3 Å². The molecule has 0 aliphatic rings. The molecule has 0 bridgehead atoms. The van der Waals surface area contributed by atoms with Crippen molar-refractivity contribution in [2.75, 3.05) is 0 Å². The third-order valence-corrected chi connectivity index (χ3v) is 2.22. The SMILES string of the molecule is Cc1cc(F)ccc1-c1cc[c-]cc1.[Br-].[Mg+2]. The first-order chi connectivity index (χ1) is 6.77. The molecule has 0 amide bonds. The minimum Gasteiger partial charge on any atom is -1.00 e. The van der Waals surface area contributed by atoms with Crippen molar-refractivity contribution < 1.29 is 21.4 Å². The molecular formula is C13H10BrFMg. The van der Waals surface area contributed by atoms with Gasteiger partial charge >= 0.3 is 23.1 Å². The quantitative estimate of drug-likeness (QED) is 0.521. The molecule has 0 aromatic heterocycles. The minimum absolute atomic E-state index is 0. The summed E-state index contributed by atoms with van der Waals surface area (Å²) in [6.45, 7) is 1.91. The Bertz CT molecular complexity index is 443. The molecule has 0 nitrogen and oxygen atoms in total. The Kier molecular flexibility index (Phi) is 6.87. The molecule has 2 aromatic carbocycles. The molecule has 78 valence electrons. The normalized spacial score (nSPS) is 8.88. The Morgan fingerprint density at radius 2 is 1.69 bits per heavy atom. The van der Waals surface area contributed by atoms with Gasteiger partial charge in [-0.15, -0.1) is 5.56 Å². The topological polar surface area (TPSA) is 0 Å². The van der Waals surface area contributed by atoms with Gasteiger partial charge in [0.1, 0.15) is 5.82 Å². The largest absolute Gasteiger partial charge is 2.00 e. The molecule has 0 heterocycles. The van der Waals surface area contributed by atoms with Crippen LogP contribution < -0.4 is 17.0 Å². The van der Waals surface area contributed by atoms with E-state index >= 15 is 0 Å². The van der Waals surface area contributed by atoms with Gasteiger partial charge in [-0.05, 0) is 30.2 Å². The van der Waals surface area contributed by atoms with Crippen molar-refractivity contribution in [1.82, 2.24) is 0 Å². The van der Waals surface area contributed by atoms with Crippen molar-refractivity contribution in [3.8, 4) is 11.1 Å². The monoisotopic (exact) mass is 288 g/mol. The summed E-state index contributed by atoms with van der Waals surface area (Å²) in [4.78, 5) is 0. The van der Waals surface area contributed by atoms with Gasteiger partial charge in [0.2, 0.25) is 0 Å². The summed E-state index contributed by atoms with van der Waals surface area (Å²) in [7, 11) is 0. The van der Waals surface area contributed by atoms with Gasteiger partial charge in [-0.25, -0.2) is 4.39 Å². The number of aryl methyl sites for hydroxylation is 1. The van der Waals surface area contributed by atoms with Crippen molar-refractivity contribution >= 4 is 23.1 Å². The first-order valence-electron chi connectivity index (χ1n) is 4.50. The van der Waals surface area contributed by atoms with Crippen LogP contribution >= 0.6 is 0 Å². The average molecular weight is 289 g/mol. The van der Waals surface area contributed by atoms with E-state index in [1.54, 1.807) is 12.1 Å². The van der Waals surface area contributed by atoms with E-state index in [1.165, 1.54) is 6.07 Å². The molecule has 2 rings (SSSR count). The molecule has 0 spiro atoms. The summed E-state index contributed by atoms with van der Waals surface area (Å²) >= 11 is 0. The minimum atomic E-state index is -0.186. The molecule has 0 fully saturated rings. The Labute approximate surface area is 122 Å². The molecule has 0 radical (unpaired) electrons. The molecule has 0 aliphatic carbocycles. The molecule has 0 atom stereocenters. The fourth-order valence-electron chi connectivity index (χ4n) is 1.52. The van der Waals surface area contributed by atoms with Crippen molar-refractivity contribution in [2.24, 2.45) is 0 Å². The standard InChI is InChI=1S/C13H10F.BrH.Mg/c1-10-9-12(14)7-8-13(10)11-5-3-2-4-6-11;;/h3-9H,1H3;1H;/q-1;;+2/p-1. The van der Waals surface area contributed by atoms with Crippen molar-refractivity contribution in [3.63, 3.8) is 0 Å². The fourth-order valence-corrected chi connectivity index (χ4v) is 1.52. The molecule has 0 saturated carbocycles. The first-order valence-corrected chi connectivity index (χ1v) is 4.50. The predicted molar refractivity (Wildman–Crippen MR) is 61.2 cm³/mol. The van der Waals surface area contributed by atoms with E-state index in [4.69, 9.17) is 0 Å². The Morgan fingerprint density at radius 3 is 2.25 bits per heavy atom. The second-order valence-corrected chi connectivity index (χ2v) is 3.25. The molecule has 0 unspecified atom stereocenters. The average Bonchev–Trinajstić information content (AvgIpc) is 2.19. The Balaban J connectivity index is 0.00000112. The van der Waals surface area contributed by atoms with Crippen molar-refractivity contribution in [1.29, 1.82) is 0 Å². The summed E-state index contributed by atoms with van der Waals surface area (Å²) < 4.78 is 12.9. The van der Waals surface area contributed by atoms with E-state index in [1.807, 2.05) is 31.2 Å². The smallest absolute Gasteiger partial charge is 1.00 e. The van der Waals surface area contributed by atoms with Crippen LogP contribution in [0.4, 0.5) is 4.39 Å². The van der Waals surface area contributed by atoms with E-state index in [2.05, 4.69) is 6.07 Å². The summed E-state index contributed by atoms with van der Waals surface area (Å²) in [5.74, 6) is -0.186. The Morgan fingerprint density at radius 1 is 1.06 bits per heavy atom. The summed E-state index contributed by atoms with van der Waals surface area (Å²) in [6, 6.07) is 15.5. The maximum Gasteiger partial charge on any atom is 2.00 e.